The van der Waals surface area contributed by atoms with Crippen molar-refractivity contribution in [2.24, 2.45) is 0 Å². The zero-order chi connectivity index (χ0) is 15.2. The van der Waals surface area contributed by atoms with Gasteiger partial charge in [-0.1, -0.05) is 6.07 Å². The smallest absolute Gasteiger partial charge is 0.274 e. The van der Waals surface area contributed by atoms with E-state index in [1.807, 2.05) is 6.92 Å². The molecular formula is C14H14N4O3. The van der Waals surface area contributed by atoms with Gasteiger partial charge < -0.3 is 10.6 Å². The first kappa shape index (κ1) is 14.4. The average molecular weight is 286 g/mol. The summed E-state index contributed by atoms with van der Waals surface area (Å²) < 4.78 is 0. The van der Waals surface area contributed by atoms with E-state index in [0.717, 1.165) is 12.2 Å². The summed E-state index contributed by atoms with van der Waals surface area (Å²) in [6.07, 6.45) is 1.53. The van der Waals surface area contributed by atoms with Crippen LogP contribution >= 0.6 is 0 Å². The van der Waals surface area contributed by atoms with Crippen molar-refractivity contribution in [1.29, 1.82) is 0 Å². The van der Waals surface area contributed by atoms with Gasteiger partial charge in [0.1, 0.15) is 5.69 Å². The lowest BCUT2D eigenvalue weighted by molar-refractivity contribution is -0.384. The number of nitro benzene ring substituents is 1. The molecule has 0 spiro atoms. The van der Waals surface area contributed by atoms with Gasteiger partial charge in [0.25, 0.3) is 11.6 Å². The highest BCUT2D eigenvalue weighted by molar-refractivity contribution is 6.03. The summed E-state index contributed by atoms with van der Waals surface area (Å²) in [5.74, 6) is -0.421. The Morgan fingerprint density at radius 1 is 1.29 bits per heavy atom. The first-order valence-corrected chi connectivity index (χ1v) is 6.36. The van der Waals surface area contributed by atoms with Crippen LogP contribution in [-0.2, 0) is 0 Å². The van der Waals surface area contributed by atoms with Crippen LogP contribution < -0.4 is 10.6 Å². The van der Waals surface area contributed by atoms with Gasteiger partial charge in [-0.2, -0.15) is 0 Å². The molecule has 0 aliphatic rings. The minimum Gasteiger partial charge on any atom is -0.385 e. The minimum absolute atomic E-state index is 0.0813. The highest BCUT2D eigenvalue weighted by atomic mass is 16.6. The molecule has 21 heavy (non-hydrogen) atoms. The second-order valence-corrected chi connectivity index (χ2v) is 4.22. The standard InChI is InChI=1S/C14H14N4O3/c1-2-15-10-6-7-16-13(9-10)14(19)17-11-4-3-5-12(8-11)18(20)21/h3-9H,2H2,1H3,(H,15,16)(H,17,19). The van der Waals surface area contributed by atoms with Gasteiger partial charge in [0.05, 0.1) is 4.92 Å². The number of non-ortho nitro benzene ring substituents is 1. The van der Waals surface area contributed by atoms with E-state index in [2.05, 4.69) is 15.6 Å². The van der Waals surface area contributed by atoms with Crippen LogP contribution in [0.5, 0.6) is 0 Å². The van der Waals surface area contributed by atoms with Crippen LogP contribution in [0.2, 0.25) is 0 Å². The normalized spacial score (nSPS) is 9.95. The van der Waals surface area contributed by atoms with Crippen molar-refractivity contribution >= 4 is 23.0 Å². The number of anilines is 2. The van der Waals surface area contributed by atoms with E-state index in [9.17, 15) is 14.9 Å². The molecule has 1 heterocycles. The van der Waals surface area contributed by atoms with Crippen molar-refractivity contribution in [3.63, 3.8) is 0 Å². The predicted molar refractivity (Wildman–Crippen MR) is 79.5 cm³/mol. The van der Waals surface area contributed by atoms with Crippen molar-refractivity contribution in [3.8, 4) is 0 Å². The summed E-state index contributed by atoms with van der Waals surface area (Å²) in [5, 5.41) is 16.4. The topological polar surface area (TPSA) is 97.2 Å². The number of carbonyl (C=O) groups is 1. The molecular weight excluding hydrogens is 272 g/mol. The molecule has 1 amide bonds. The summed E-state index contributed by atoms with van der Waals surface area (Å²) in [6.45, 7) is 2.68. The van der Waals surface area contributed by atoms with Crippen LogP contribution in [0.25, 0.3) is 0 Å². The molecule has 0 bridgehead atoms. The van der Waals surface area contributed by atoms with Gasteiger partial charge in [0.2, 0.25) is 0 Å². The Balaban J connectivity index is 2.16. The van der Waals surface area contributed by atoms with E-state index in [0.29, 0.717) is 5.69 Å². The van der Waals surface area contributed by atoms with Gasteiger partial charge in [-0.15, -0.1) is 0 Å². The highest BCUT2D eigenvalue weighted by Crippen LogP contribution is 2.18. The Morgan fingerprint density at radius 3 is 2.81 bits per heavy atom. The Kier molecular flexibility index (Phi) is 4.45. The number of carbonyl (C=O) groups excluding carboxylic acids is 1. The predicted octanol–water partition coefficient (Wildman–Crippen LogP) is 2.67. The van der Waals surface area contributed by atoms with Gasteiger partial charge >= 0.3 is 0 Å². The fourth-order valence-corrected chi connectivity index (χ4v) is 1.76. The fraction of sp³-hybridized carbons (Fsp3) is 0.143. The number of nitrogens with zero attached hydrogens (tertiary/aromatic N) is 2. The maximum atomic E-state index is 12.1. The number of benzene rings is 1. The van der Waals surface area contributed by atoms with Crippen molar-refractivity contribution in [2.75, 3.05) is 17.2 Å². The molecule has 2 aromatic rings. The average Bonchev–Trinajstić information content (AvgIpc) is 2.48. The number of aromatic nitrogens is 1. The van der Waals surface area contributed by atoms with E-state index in [4.69, 9.17) is 0 Å². The fourth-order valence-electron chi connectivity index (χ4n) is 1.76. The number of rotatable bonds is 5. The summed E-state index contributed by atoms with van der Waals surface area (Å²) in [4.78, 5) is 26.3. The lowest BCUT2D eigenvalue weighted by atomic mass is 10.2. The van der Waals surface area contributed by atoms with Crippen LogP contribution in [0.4, 0.5) is 17.1 Å². The molecule has 0 atom stereocenters. The van der Waals surface area contributed by atoms with Crippen molar-refractivity contribution in [1.82, 2.24) is 4.98 Å². The summed E-state index contributed by atoms with van der Waals surface area (Å²) >= 11 is 0. The Labute approximate surface area is 121 Å². The maximum Gasteiger partial charge on any atom is 0.274 e. The van der Waals surface area contributed by atoms with Gasteiger partial charge in [0, 0.05) is 36.2 Å². The van der Waals surface area contributed by atoms with Crippen LogP contribution in [0.3, 0.4) is 0 Å². The lowest BCUT2D eigenvalue weighted by Gasteiger charge is -2.07. The molecule has 2 N–H and O–H groups in total. The van der Waals surface area contributed by atoms with Crippen LogP contribution in [0.15, 0.2) is 42.6 Å². The Hall–Kier alpha value is -2.96. The Morgan fingerprint density at radius 2 is 2.10 bits per heavy atom. The highest BCUT2D eigenvalue weighted by Gasteiger charge is 2.11. The van der Waals surface area contributed by atoms with Crippen LogP contribution in [-0.4, -0.2) is 22.4 Å². The molecule has 0 saturated carbocycles. The molecule has 108 valence electrons. The van der Waals surface area contributed by atoms with Crippen molar-refractivity contribution in [2.45, 2.75) is 6.92 Å². The Bertz CT molecular complexity index is 673. The van der Waals surface area contributed by atoms with E-state index in [1.54, 1.807) is 18.2 Å². The van der Waals surface area contributed by atoms with Crippen molar-refractivity contribution < 1.29 is 9.72 Å². The monoisotopic (exact) mass is 286 g/mol. The quantitative estimate of drug-likeness (QED) is 0.650. The number of nitro groups is 1. The first-order chi connectivity index (χ1) is 10.1. The SMILES string of the molecule is CCNc1ccnc(C(=O)Nc2cccc([N+](=O)[O-])c2)c1. The minimum atomic E-state index is -0.514. The van der Waals surface area contributed by atoms with Gasteiger partial charge in [-0.3, -0.25) is 19.9 Å². The molecule has 0 aliphatic carbocycles. The summed E-state index contributed by atoms with van der Waals surface area (Å²) in [6, 6.07) is 9.13. The molecule has 2 rings (SSSR count). The molecule has 0 saturated heterocycles. The largest absolute Gasteiger partial charge is 0.385 e. The van der Waals surface area contributed by atoms with E-state index in [-0.39, 0.29) is 11.4 Å². The van der Waals surface area contributed by atoms with Gasteiger partial charge in [-0.25, -0.2) is 0 Å². The summed E-state index contributed by atoms with van der Waals surface area (Å²) in [7, 11) is 0. The molecule has 0 aliphatic heterocycles. The second kappa shape index (κ2) is 6.47. The number of amides is 1. The molecule has 7 nitrogen and oxygen atoms in total. The van der Waals surface area contributed by atoms with Gasteiger partial charge in [0.15, 0.2) is 0 Å². The lowest BCUT2D eigenvalue weighted by Crippen LogP contribution is -2.14. The number of pyridine rings is 1. The molecule has 7 heteroatoms. The molecule has 0 radical (unpaired) electrons. The molecule has 1 aromatic carbocycles. The third-order valence-corrected chi connectivity index (χ3v) is 2.69. The van der Waals surface area contributed by atoms with Crippen LogP contribution in [0, 0.1) is 10.1 Å². The molecule has 1 aromatic heterocycles. The zero-order valence-electron chi connectivity index (χ0n) is 11.4. The van der Waals surface area contributed by atoms with E-state index in [1.165, 1.54) is 24.4 Å². The molecule has 0 unspecified atom stereocenters. The second-order valence-electron chi connectivity index (χ2n) is 4.22. The van der Waals surface area contributed by atoms with Gasteiger partial charge in [-0.05, 0) is 25.1 Å². The maximum absolute atomic E-state index is 12.1. The number of hydrogen-bond acceptors (Lipinski definition) is 5. The van der Waals surface area contributed by atoms with E-state index < -0.39 is 10.8 Å². The first-order valence-electron chi connectivity index (χ1n) is 6.36. The van der Waals surface area contributed by atoms with Crippen molar-refractivity contribution in [3.05, 3.63) is 58.4 Å². The van der Waals surface area contributed by atoms with Crippen LogP contribution in [0.1, 0.15) is 17.4 Å². The third-order valence-electron chi connectivity index (χ3n) is 2.69. The number of nitrogens with one attached hydrogen (secondary N) is 2. The summed E-state index contributed by atoms with van der Waals surface area (Å²) in [5.41, 5.74) is 1.30. The third kappa shape index (κ3) is 3.75. The zero-order valence-corrected chi connectivity index (χ0v) is 11.4. The van der Waals surface area contributed by atoms with E-state index >= 15 is 0 Å². The molecule has 0 fully saturated rings. The number of hydrogen-bond donors (Lipinski definition) is 2.